The van der Waals surface area contributed by atoms with E-state index in [1.807, 2.05) is 0 Å². The van der Waals surface area contributed by atoms with Gasteiger partial charge in [0.15, 0.2) is 0 Å². The van der Waals surface area contributed by atoms with E-state index in [9.17, 15) is 0 Å². The number of piperazine rings is 1. The zero-order valence-electron chi connectivity index (χ0n) is 12.7. The van der Waals surface area contributed by atoms with E-state index in [1.54, 1.807) is 0 Å². The summed E-state index contributed by atoms with van der Waals surface area (Å²) in [4.78, 5) is 5.39. The van der Waals surface area contributed by atoms with Crippen molar-refractivity contribution in [2.45, 2.75) is 71.1 Å². The van der Waals surface area contributed by atoms with E-state index in [4.69, 9.17) is 0 Å². The van der Waals surface area contributed by atoms with E-state index in [0.29, 0.717) is 18.1 Å². The molecule has 106 valence electrons. The van der Waals surface area contributed by atoms with Gasteiger partial charge in [-0.15, -0.1) is 0 Å². The first-order valence-electron chi connectivity index (χ1n) is 7.80. The van der Waals surface area contributed by atoms with Crippen LogP contribution in [0, 0.1) is 0 Å². The monoisotopic (exact) mass is 253 g/mol. The van der Waals surface area contributed by atoms with Crippen LogP contribution < -0.4 is 5.32 Å². The molecule has 0 aliphatic carbocycles. The first-order valence-corrected chi connectivity index (χ1v) is 7.80. The van der Waals surface area contributed by atoms with Crippen LogP contribution in [0.4, 0.5) is 0 Å². The molecule has 0 aromatic carbocycles. The molecule has 3 nitrogen and oxygen atoms in total. The molecule has 3 heteroatoms. The quantitative estimate of drug-likeness (QED) is 0.811. The highest BCUT2D eigenvalue weighted by molar-refractivity contribution is 4.87. The summed E-state index contributed by atoms with van der Waals surface area (Å²) in [7, 11) is 0. The molecule has 0 bridgehead atoms. The molecule has 2 heterocycles. The van der Waals surface area contributed by atoms with Gasteiger partial charge in [0.05, 0.1) is 0 Å². The van der Waals surface area contributed by atoms with Crippen molar-refractivity contribution >= 4 is 0 Å². The van der Waals surface area contributed by atoms with E-state index in [-0.39, 0.29) is 0 Å². The van der Waals surface area contributed by atoms with Crippen molar-refractivity contribution in [2.75, 3.05) is 26.2 Å². The molecule has 0 saturated carbocycles. The molecular formula is C15H31N3. The van der Waals surface area contributed by atoms with Gasteiger partial charge in [-0.05, 0) is 60.0 Å². The van der Waals surface area contributed by atoms with Crippen molar-refractivity contribution in [3.8, 4) is 0 Å². The van der Waals surface area contributed by atoms with Gasteiger partial charge in [0.2, 0.25) is 0 Å². The van der Waals surface area contributed by atoms with Gasteiger partial charge in [-0.25, -0.2) is 0 Å². The number of likely N-dealkylation sites (tertiary alicyclic amines) is 1. The number of rotatable bonds is 2. The van der Waals surface area contributed by atoms with Crippen LogP contribution in [0.25, 0.3) is 0 Å². The molecule has 2 aliphatic rings. The Bertz CT molecular complexity index is 244. The maximum atomic E-state index is 3.64. The van der Waals surface area contributed by atoms with E-state index in [0.717, 1.165) is 6.04 Å². The molecule has 2 rings (SSSR count). The van der Waals surface area contributed by atoms with Crippen molar-refractivity contribution in [3.05, 3.63) is 0 Å². The van der Waals surface area contributed by atoms with Crippen molar-refractivity contribution in [2.24, 2.45) is 0 Å². The number of nitrogens with zero attached hydrogens (tertiary/aromatic N) is 2. The summed E-state index contributed by atoms with van der Waals surface area (Å²) in [6.45, 7) is 14.3. The number of nitrogens with one attached hydrogen (secondary N) is 1. The Morgan fingerprint density at radius 1 is 1.00 bits per heavy atom. The Balaban J connectivity index is 1.89. The van der Waals surface area contributed by atoms with Gasteiger partial charge in [0.1, 0.15) is 0 Å². The number of hydrogen-bond acceptors (Lipinski definition) is 3. The molecule has 0 aromatic rings. The third kappa shape index (κ3) is 3.69. The minimum Gasteiger partial charge on any atom is -0.309 e. The molecule has 0 spiro atoms. The van der Waals surface area contributed by atoms with Crippen molar-refractivity contribution in [1.29, 1.82) is 0 Å². The third-order valence-corrected chi connectivity index (χ3v) is 4.56. The number of hydrogen-bond donors (Lipinski definition) is 1. The van der Waals surface area contributed by atoms with E-state index < -0.39 is 0 Å². The molecule has 0 amide bonds. The highest BCUT2D eigenvalue weighted by Crippen LogP contribution is 2.20. The zero-order valence-corrected chi connectivity index (χ0v) is 12.7. The zero-order chi connectivity index (χ0) is 13.1. The summed E-state index contributed by atoms with van der Waals surface area (Å²) in [6, 6.07) is 2.83. The summed E-state index contributed by atoms with van der Waals surface area (Å²) >= 11 is 0. The SMILES string of the molecule is CC1CN(C2CCCN(C(C)C)CC2)CC(C)N1. The normalized spacial score (nSPS) is 36.8. The lowest BCUT2D eigenvalue weighted by Gasteiger charge is -2.40. The average molecular weight is 253 g/mol. The van der Waals surface area contributed by atoms with Crippen LogP contribution in [0.1, 0.15) is 47.0 Å². The van der Waals surface area contributed by atoms with Crippen LogP contribution >= 0.6 is 0 Å². The van der Waals surface area contributed by atoms with Crippen LogP contribution in [0.2, 0.25) is 0 Å². The van der Waals surface area contributed by atoms with Crippen LogP contribution in [0.15, 0.2) is 0 Å². The third-order valence-electron chi connectivity index (χ3n) is 4.56. The van der Waals surface area contributed by atoms with Crippen LogP contribution in [-0.4, -0.2) is 60.1 Å². The molecular weight excluding hydrogens is 222 g/mol. The minimum absolute atomic E-state index is 0.651. The predicted molar refractivity (Wildman–Crippen MR) is 78.0 cm³/mol. The fourth-order valence-electron chi connectivity index (χ4n) is 3.65. The predicted octanol–water partition coefficient (Wildman–Crippen LogP) is 1.93. The molecule has 3 atom stereocenters. The Labute approximate surface area is 113 Å². The van der Waals surface area contributed by atoms with Gasteiger partial charge in [0.25, 0.3) is 0 Å². The van der Waals surface area contributed by atoms with Gasteiger partial charge >= 0.3 is 0 Å². The lowest BCUT2D eigenvalue weighted by molar-refractivity contribution is 0.111. The van der Waals surface area contributed by atoms with Gasteiger partial charge in [-0.3, -0.25) is 4.90 Å². The summed E-state index contributed by atoms with van der Waals surface area (Å²) < 4.78 is 0. The lowest BCUT2D eigenvalue weighted by atomic mass is 10.0. The standard InChI is InChI=1S/C15H31N3/c1-12(2)17-8-5-6-15(7-9-17)18-10-13(3)16-14(4)11-18/h12-16H,5-11H2,1-4H3. The van der Waals surface area contributed by atoms with Crippen LogP contribution in [0.5, 0.6) is 0 Å². The van der Waals surface area contributed by atoms with Gasteiger partial charge in [-0.2, -0.15) is 0 Å². The Morgan fingerprint density at radius 2 is 1.67 bits per heavy atom. The second-order valence-corrected chi connectivity index (χ2v) is 6.64. The van der Waals surface area contributed by atoms with Gasteiger partial charge in [0, 0.05) is 37.3 Å². The first kappa shape index (κ1) is 14.3. The summed E-state index contributed by atoms with van der Waals surface area (Å²) in [5.74, 6) is 0. The van der Waals surface area contributed by atoms with Gasteiger partial charge < -0.3 is 10.2 Å². The molecule has 2 fully saturated rings. The Morgan fingerprint density at radius 3 is 2.28 bits per heavy atom. The molecule has 3 unspecified atom stereocenters. The van der Waals surface area contributed by atoms with Gasteiger partial charge in [-0.1, -0.05) is 0 Å². The average Bonchev–Trinajstić information content (AvgIpc) is 2.52. The largest absolute Gasteiger partial charge is 0.309 e. The molecule has 0 aromatic heterocycles. The molecule has 1 N–H and O–H groups in total. The van der Waals surface area contributed by atoms with Crippen LogP contribution in [0.3, 0.4) is 0 Å². The fraction of sp³-hybridized carbons (Fsp3) is 1.00. The fourth-order valence-corrected chi connectivity index (χ4v) is 3.65. The van der Waals surface area contributed by atoms with Crippen molar-refractivity contribution in [3.63, 3.8) is 0 Å². The highest BCUT2D eigenvalue weighted by Gasteiger charge is 2.28. The summed E-state index contributed by atoms with van der Waals surface area (Å²) in [5, 5.41) is 3.64. The second-order valence-electron chi connectivity index (χ2n) is 6.64. The highest BCUT2D eigenvalue weighted by atomic mass is 15.2. The first-order chi connectivity index (χ1) is 8.56. The van der Waals surface area contributed by atoms with E-state index >= 15 is 0 Å². The molecule has 2 aliphatic heterocycles. The molecule has 18 heavy (non-hydrogen) atoms. The van der Waals surface area contributed by atoms with E-state index in [1.165, 1.54) is 45.4 Å². The summed E-state index contributed by atoms with van der Waals surface area (Å²) in [6.07, 6.45) is 4.12. The molecule has 2 saturated heterocycles. The Hall–Kier alpha value is -0.120. The maximum absolute atomic E-state index is 3.64. The maximum Gasteiger partial charge on any atom is 0.0169 e. The van der Waals surface area contributed by atoms with Crippen molar-refractivity contribution < 1.29 is 0 Å². The minimum atomic E-state index is 0.651. The summed E-state index contributed by atoms with van der Waals surface area (Å²) in [5.41, 5.74) is 0. The lowest BCUT2D eigenvalue weighted by Crippen LogP contribution is -2.57. The molecule has 0 radical (unpaired) electrons. The van der Waals surface area contributed by atoms with Crippen molar-refractivity contribution in [1.82, 2.24) is 15.1 Å². The van der Waals surface area contributed by atoms with Crippen LogP contribution in [-0.2, 0) is 0 Å². The second kappa shape index (κ2) is 6.36. The Kier molecular flexibility index (Phi) is 5.05. The topological polar surface area (TPSA) is 18.5 Å². The smallest absolute Gasteiger partial charge is 0.0169 e. The van der Waals surface area contributed by atoms with E-state index in [2.05, 4.69) is 42.8 Å².